The minimum Gasteiger partial charge on any atom is -0.459 e. The molecule has 0 radical (unpaired) electrons. The maximum Gasteiger partial charge on any atom is 0.307 e. The average molecular weight is 428 g/mol. The molecule has 9 heteroatoms. The number of rotatable bonds is 5. The monoisotopic (exact) mass is 427 g/mol. The van der Waals surface area contributed by atoms with Crippen LogP contribution in [-0.4, -0.2) is 18.9 Å². The Morgan fingerprint density at radius 2 is 1.83 bits per heavy atom. The normalized spacial score (nSPS) is 12.4. The van der Waals surface area contributed by atoms with E-state index < -0.39 is 15.7 Å². The van der Waals surface area contributed by atoms with Crippen molar-refractivity contribution in [3.8, 4) is 0 Å². The molecule has 4 aromatic rings. The van der Waals surface area contributed by atoms with Crippen LogP contribution >= 0.6 is 11.3 Å². The summed E-state index contributed by atoms with van der Waals surface area (Å²) in [4.78, 5) is 13.3. The van der Waals surface area contributed by atoms with Gasteiger partial charge in [-0.3, -0.25) is 4.79 Å². The second-order valence-corrected chi connectivity index (χ2v) is 9.31. The highest BCUT2D eigenvalue weighted by Gasteiger charge is 2.22. The molecule has 7 nitrogen and oxygen atoms in total. The number of para-hydroxylation sites is 1. The van der Waals surface area contributed by atoms with E-state index in [1.54, 1.807) is 18.2 Å². The van der Waals surface area contributed by atoms with Crippen LogP contribution in [0.5, 0.6) is 0 Å². The Balaban J connectivity index is 1.58. The first-order valence-electron chi connectivity index (χ1n) is 8.68. The van der Waals surface area contributed by atoms with Gasteiger partial charge in [0.05, 0.1) is 27.1 Å². The Bertz CT molecular complexity index is 1350. The molecule has 0 fully saturated rings. The molecule has 0 saturated heterocycles. The molecule has 2 aromatic heterocycles. The lowest BCUT2D eigenvalue weighted by Gasteiger charge is -2.04. The van der Waals surface area contributed by atoms with Gasteiger partial charge in [0, 0.05) is 12.6 Å². The van der Waals surface area contributed by atoms with Crippen molar-refractivity contribution in [2.24, 2.45) is 12.1 Å². The Morgan fingerprint density at radius 3 is 2.59 bits per heavy atom. The van der Waals surface area contributed by atoms with Gasteiger partial charge in [0.15, 0.2) is 15.6 Å². The number of nitrogens with one attached hydrogen (secondary N) is 1. The summed E-state index contributed by atoms with van der Waals surface area (Å²) < 4.78 is 33.3. The van der Waals surface area contributed by atoms with Crippen molar-refractivity contribution in [2.75, 3.05) is 0 Å². The summed E-state index contributed by atoms with van der Waals surface area (Å²) in [5, 5.41) is 4.17. The zero-order valence-electron chi connectivity index (χ0n) is 15.4. The number of fused-ring (bicyclic) bond motifs is 1. The fraction of sp³-hybridized carbons (Fsp3) is 0.100. The van der Waals surface area contributed by atoms with Gasteiger partial charge in [-0.05, 0) is 30.3 Å². The third-order valence-electron chi connectivity index (χ3n) is 4.37. The van der Waals surface area contributed by atoms with Crippen molar-refractivity contribution < 1.29 is 17.6 Å². The van der Waals surface area contributed by atoms with Crippen LogP contribution in [0.2, 0.25) is 0 Å². The van der Waals surface area contributed by atoms with E-state index in [0.717, 1.165) is 10.2 Å². The summed E-state index contributed by atoms with van der Waals surface area (Å²) in [5.41, 5.74) is 3.73. The number of thiazole rings is 1. The lowest BCUT2D eigenvalue weighted by molar-refractivity contribution is 0.0924. The highest BCUT2D eigenvalue weighted by Crippen LogP contribution is 2.20. The van der Waals surface area contributed by atoms with Crippen LogP contribution in [0, 0.1) is 0 Å². The van der Waals surface area contributed by atoms with Crippen LogP contribution in [-0.2, 0) is 22.6 Å². The molecule has 0 aliphatic heterocycles. The largest absolute Gasteiger partial charge is 0.459 e. The molecule has 0 bridgehead atoms. The van der Waals surface area contributed by atoms with E-state index in [4.69, 9.17) is 4.42 Å². The number of hydrogen-bond acceptors (Lipinski definition) is 6. The topological polar surface area (TPSA) is 93.7 Å². The number of hydrogen-bond donors (Lipinski definition) is 1. The summed E-state index contributed by atoms with van der Waals surface area (Å²) in [7, 11) is -1.75. The molecule has 0 saturated carbocycles. The number of amides is 1. The molecule has 2 aromatic carbocycles. The minimum atomic E-state index is -3.60. The molecule has 0 atom stereocenters. The van der Waals surface area contributed by atoms with Crippen molar-refractivity contribution in [1.82, 2.24) is 9.99 Å². The molecule has 0 aliphatic carbocycles. The third-order valence-corrected chi connectivity index (χ3v) is 7.16. The Labute approximate surface area is 170 Å². The average Bonchev–Trinajstić information content (AvgIpc) is 3.31. The molecule has 0 unspecified atom stereocenters. The highest BCUT2D eigenvalue weighted by atomic mass is 32.2. The number of carbonyl (C=O) groups excluding carboxylic acids is 1. The quantitative estimate of drug-likeness (QED) is 0.496. The molecule has 0 aliphatic rings. The van der Waals surface area contributed by atoms with E-state index in [1.165, 1.54) is 35.8 Å². The van der Waals surface area contributed by atoms with Crippen LogP contribution < -0.4 is 10.2 Å². The van der Waals surface area contributed by atoms with Crippen molar-refractivity contribution >= 4 is 37.3 Å². The molecule has 1 amide bonds. The number of benzene rings is 2. The number of nitrogens with zero attached hydrogens (tertiary/aromatic N) is 2. The van der Waals surface area contributed by atoms with E-state index in [1.807, 2.05) is 35.9 Å². The fourth-order valence-corrected chi connectivity index (χ4v) is 5.26. The highest BCUT2D eigenvalue weighted by molar-refractivity contribution is 7.90. The SMILES string of the molecule is Cn1/c(=N/NC(=O)c2occc2CS(=O)(=O)c2ccccc2)sc2ccccc21. The molecule has 29 heavy (non-hydrogen) atoms. The van der Waals surface area contributed by atoms with Crippen LogP contribution in [0.1, 0.15) is 16.1 Å². The third kappa shape index (κ3) is 3.87. The predicted octanol–water partition coefficient (Wildman–Crippen LogP) is 3.05. The van der Waals surface area contributed by atoms with Crippen LogP contribution in [0.25, 0.3) is 10.2 Å². The molecule has 0 spiro atoms. The molecule has 4 rings (SSSR count). The first kappa shape index (κ1) is 19.2. The van der Waals surface area contributed by atoms with Crippen LogP contribution in [0.3, 0.4) is 0 Å². The number of sulfone groups is 1. The smallest absolute Gasteiger partial charge is 0.307 e. The second-order valence-electron chi connectivity index (χ2n) is 6.31. The Morgan fingerprint density at radius 1 is 1.10 bits per heavy atom. The summed E-state index contributed by atoms with van der Waals surface area (Å²) in [6.07, 6.45) is 1.30. The summed E-state index contributed by atoms with van der Waals surface area (Å²) in [6.45, 7) is 0. The Kier molecular flexibility index (Phi) is 5.08. The van der Waals surface area contributed by atoms with E-state index in [0.29, 0.717) is 4.80 Å². The first-order valence-corrected chi connectivity index (χ1v) is 11.2. The van der Waals surface area contributed by atoms with E-state index >= 15 is 0 Å². The van der Waals surface area contributed by atoms with Crippen LogP contribution in [0.4, 0.5) is 0 Å². The molecule has 148 valence electrons. The predicted molar refractivity (Wildman–Crippen MR) is 110 cm³/mol. The van der Waals surface area contributed by atoms with Gasteiger partial charge in [-0.15, -0.1) is 5.10 Å². The number of aromatic nitrogens is 1. The molecular formula is C20H17N3O4S2. The van der Waals surface area contributed by atoms with Gasteiger partial charge in [0.25, 0.3) is 0 Å². The van der Waals surface area contributed by atoms with Gasteiger partial charge in [-0.25, -0.2) is 13.8 Å². The van der Waals surface area contributed by atoms with E-state index in [2.05, 4.69) is 10.5 Å². The number of carbonyl (C=O) groups is 1. The minimum absolute atomic E-state index is 0.0722. The van der Waals surface area contributed by atoms with Crippen molar-refractivity contribution in [3.63, 3.8) is 0 Å². The van der Waals surface area contributed by atoms with Crippen LogP contribution in [0.15, 0.2) is 81.3 Å². The van der Waals surface area contributed by atoms with Gasteiger partial charge in [-0.2, -0.15) is 0 Å². The van der Waals surface area contributed by atoms with Crippen molar-refractivity contribution in [2.45, 2.75) is 10.6 Å². The van der Waals surface area contributed by atoms with Gasteiger partial charge >= 0.3 is 5.91 Å². The molecular weight excluding hydrogens is 410 g/mol. The maximum absolute atomic E-state index is 12.6. The van der Waals surface area contributed by atoms with Gasteiger partial charge in [0.2, 0.25) is 4.80 Å². The summed E-state index contributed by atoms with van der Waals surface area (Å²) >= 11 is 1.43. The first-order chi connectivity index (χ1) is 14.0. The second kappa shape index (κ2) is 7.69. The van der Waals surface area contributed by atoms with Gasteiger partial charge < -0.3 is 8.98 Å². The van der Waals surface area contributed by atoms with Gasteiger partial charge in [-0.1, -0.05) is 41.7 Å². The molecule has 1 N–H and O–H groups in total. The van der Waals surface area contributed by atoms with Gasteiger partial charge in [0.1, 0.15) is 0 Å². The van der Waals surface area contributed by atoms with E-state index in [-0.39, 0.29) is 22.0 Å². The van der Waals surface area contributed by atoms with Crippen molar-refractivity contribution in [3.05, 3.63) is 83.1 Å². The summed E-state index contributed by atoms with van der Waals surface area (Å²) in [5.74, 6) is -1.02. The standard InChI is InChI=1S/C20H17N3O4S2/c1-23-16-9-5-6-10-17(16)28-20(23)22-21-19(24)18-14(11-12-27-18)13-29(25,26)15-7-3-2-4-8-15/h2-12H,13H2,1H3,(H,21,24)/b22-20-. The lowest BCUT2D eigenvalue weighted by Crippen LogP contribution is -2.24. The Hall–Kier alpha value is -3.17. The van der Waals surface area contributed by atoms with E-state index in [9.17, 15) is 13.2 Å². The lowest BCUT2D eigenvalue weighted by atomic mass is 10.3. The number of aryl methyl sites for hydroxylation is 1. The van der Waals surface area contributed by atoms with Crippen molar-refractivity contribution in [1.29, 1.82) is 0 Å². The fourth-order valence-electron chi connectivity index (χ4n) is 2.90. The zero-order valence-corrected chi connectivity index (χ0v) is 17.0. The maximum atomic E-state index is 12.6. The number of furan rings is 1. The summed E-state index contributed by atoms with van der Waals surface area (Å²) in [6, 6.07) is 17.4. The molecule has 2 heterocycles. The zero-order chi connectivity index (χ0) is 20.4.